The summed E-state index contributed by atoms with van der Waals surface area (Å²) in [5, 5.41) is 20.8. The van der Waals surface area contributed by atoms with Gasteiger partial charge in [0.15, 0.2) is 21.3 Å². The van der Waals surface area contributed by atoms with E-state index in [1.54, 1.807) is 0 Å². The molecular formula is C48H49ClF10N9O10PS2. The first-order valence-electron chi connectivity index (χ1n) is 24.1. The van der Waals surface area contributed by atoms with Gasteiger partial charge in [-0.25, -0.2) is 39.5 Å². The van der Waals surface area contributed by atoms with Gasteiger partial charge in [0.2, 0.25) is 22.3 Å². The largest absolute Gasteiger partial charge is 0.469 e. The Labute approximate surface area is 460 Å². The monoisotopic (exact) mass is 1230 g/mol. The molecule has 0 radical (unpaired) electrons. The number of nitrogens with zero attached hydrogens (tertiary/aromatic N) is 8. The zero-order chi connectivity index (χ0) is 59.9. The fraction of sp³-hybridized carbons (Fsp3) is 0.438. The highest BCUT2D eigenvalue weighted by Crippen LogP contribution is 2.64. The van der Waals surface area contributed by atoms with Gasteiger partial charge in [0.05, 0.1) is 45.3 Å². The topological polar surface area (TPSA) is 252 Å². The summed E-state index contributed by atoms with van der Waals surface area (Å²) in [7, 11) is -12.8. The lowest BCUT2D eigenvalue weighted by molar-refractivity contribution is -0.144. The number of nitrogens with one attached hydrogen (secondary N) is 1. The molecule has 0 aliphatic heterocycles. The van der Waals surface area contributed by atoms with Gasteiger partial charge in [0.25, 0.3) is 5.92 Å². The van der Waals surface area contributed by atoms with E-state index in [0.29, 0.717) is 12.3 Å². The molecule has 0 bridgehead atoms. The van der Waals surface area contributed by atoms with Gasteiger partial charge in [-0.1, -0.05) is 29.8 Å². The Morgan fingerprint density at radius 1 is 0.951 bits per heavy atom. The third-order valence-corrected chi connectivity index (χ3v) is 18.2. The molecule has 1 amide bonds. The number of aliphatic hydroxyl groups is 1. The van der Waals surface area contributed by atoms with E-state index in [2.05, 4.69) is 25.0 Å². The molecule has 1 fully saturated rings. The fourth-order valence-electron chi connectivity index (χ4n) is 9.91. The van der Waals surface area contributed by atoms with Gasteiger partial charge in [0.1, 0.15) is 36.2 Å². The average molecular weight is 1230 g/mol. The second-order valence-electron chi connectivity index (χ2n) is 20.2. The van der Waals surface area contributed by atoms with Crippen LogP contribution in [0.25, 0.3) is 22.0 Å². The van der Waals surface area contributed by atoms with Crippen molar-refractivity contribution in [1.82, 2.24) is 34.8 Å². The Morgan fingerprint density at radius 3 is 2.19 bits per heavy atom. The lowest BCUT2D eigenvalue weighted by Crippen LogP contribution is -2.50. The van der Waals surface area contributed by atoms with Crippen LogP contribution in [-0.2, 0) is 78.4 Å². The predicted molar refractivity (Wildman–Crippen MR) is 272 cm³/mol. The fourth-order valence-corrected chi connectivity index (χ4v) is 11.9. The van der Waals surface area contributed by atoms with Gasteiger partial charge in [-0.05, 0) is 87.8 Å². The van der Waals surface area contributed by atoms with Crippen molar-refractivity contribution in [2.45, 2.75) is 107 Å². The second-order valence-corrected chi connectivity index (χ2v) is 26.4. The number of amides is 1. The van der Waals surface area contributed by atoms with Crippen LogP contribution >= 0.6 is 19.4 Å². The minimum absolute atomic E-state index is 0.0224. The maximum atomic E-state index is 16.0. The Bertz CT molecular complexity index is 3710. The molecule has 4 N–H and O–H groups in total. The Hall–Kier alpha value is -5.95. The van der Waals surface area contributed by atoms with Gasteiger partial charge in [-0.3, -0.25) is 23.7 Å². The number of phosphoric acid groups is 1. The van der Waals surface area contributed by atoms with Gasteiger partial charge in [0, 0.05) is 59.4 Å². The number of carbonyl (C=O) groups is 1. The summed E-state index contributed by atoms with van der Waals surface area (Å²) < 4.78 is 218. The molecule has 19 nitrogen and oxygen atoms in total. The summed E-state index contributed by atoms with van der Waals surface area (Å²) >= 11 is 6.78. The first-order valence-corrected chi connectivity index (χ1v) is 29.7. The molecule has 0 spiro atoms. The first kappa shape index (κ1) is 61.1. The van der Waals surface area contributed by atoms with Crippen molar-refractivity contribution in [3.63, 3.8) is 0 Å². The van der Waals surface area contributed by atoms with Crippen LogP contribution in [0.3, 0.4) is 0 Å². The molecule has 2 aromatic carbocycles. The molecule has 4 atom stereocenters. The number of carbonyl (C=O) groups excluding carboxylic acids is 1. The van der Waals surface area contributed by atoms with Crippen molar-refractivity contribution in [2.75, 3.05) is 28.8 Å². The van der Waals surface area contributed by atoms with Crippen molar-refractivity contribution < 1.29 is 89.5 Å². The summed E-state index contributed by atoms with van der Waals surface area (Å²) in [4.78, 5) is 42.7. The van der Waals surface area contributed by atoms with Crippen molar-refractivity contribution in [1.29, 1.82) is 0 Å². The van der Waals surface area contributed by atoms with E-state index in [4.69, 9.17) is 16.6 Å². The molecule has 2 aliphatic carbocycles. The molecular weight excluding hydrogens is 1180 g/mol. The second kappa shape index (κ2) is 21.7. The molecule has 2 aliphatic rings. The molecule has 0 saturated heterocycles. The van der Waals surface area contributed by atoms with Crippen LogP contribution in [0, 0.1) is 17.6 Å². The van der Waals surface area contributed by atoms with Crippen LogP contribution in [-0.4, -0.2) is 104 Å². The number of phosphoric ester groups is 1. The molecule has 1 unspecified atom stereocenters. The van der Waals surface area contributed by atoms with Gasteiger partial charge in [-0.2, -0.15) is 45.3 Å². The van der Waals surface area contributed by atoms with Crippen LogP contribution in [0.4, 0.5) is 55.5 Å². The van der Waals surface area contributed by atoms with Crippen LogP contribution < -0.4 is 14.5 Å². The summed E-state index contributed by atoms with van der Waals surface area (Å²) in [5.74, 6) is -11.6. The normalized spacial score (nSPS) is 17.4. The number of anilines is 2. The number of aliphatic hydroxyl groups excluding tert-OH is 1. The molecule has 4 aromatic heterocycles. The average Bonchev–Trinajstić information content (AvgIpc) is 2.81. The van der Waals surface area contributed by atoms with E-state index in [1.165, 1.54) is 38.1 Å². The number of hydrogen-bond acceptors (Lipinski definition) is 13. The number of fused-ring (bicyclic) bond motifs is 4. The number of alkyl halides is 8. The maximum absolute atomic E-state index is 16.0. The Balaban J connectivity index is 1.34. The number of pyridine rings is 2. The van der Waals surface area contributed by atoms with E-state index >= 15 is 8.78 Å². The van der Waals surface area contributed by atoms with E-state index in [-0.39, 0.29) is 73.1 Å². The highest BCUT2D eigenvalue weighted by atomic mass is 35.5. The molecule has 8 rings (SSSR count). The number of aromatic nitrogens is 6. The zero-order valence-electron chi connectivity index (χ0n) is 42.9. The quantitative estimate of drug-likeness (QED) is 0.0318. The van der Waals surface area contributed by atoms with E-state index in [9.17, 15) is 76.2 Å². The van der Waals surface area contributed by atoms with Crippen molar-refractivity contribution in [3.8, 4) is 11.1 Å². The van der Waals surface area contributed by atoms with E-state index < -0.39 is 163 Å². The van der Waals surface area contributed by atoms with Crippen molar-refractivity contribution in [2.24, 2.45) is 5.92 Å². The number of hydrogen-bond donors (Lipinski definition) is 4. The van der Waals surface area contributed by atoms with Crippen LogP contribution in [0.1, 0.15) is 84.5 Å². The third-order valence-electron chi connectivity index (χ3n) is 14.1. The summed E-state index contributed by atoms with van der Waals surface area (Å²) in [6.07, 6.45) is -11.5. The van der Waals surface area contributed by atoms with Crippen molar-refractivity contribution in [3.05, 3.63) is 117 Å². The lowest BCUT2D eigenvalue weighted by atomic mass is 9.73. The van der Waals surface area contributed by atoms with Crippen LogP contribution in [0.2, 0.25) is 5.02 Å². The number of rotatable bonds is 20. The summed E-state index contributed by atoms with van der Waals surface area (Å²) in [6, 6.07) is 7.59. The molecule has 81 heavy (non-hydrogen) atoms. The number of benzene rings is 2. The Kier molecular flexibility index (Phi) is 16.4. The van der Waals surface area contributed by atoms with Crippen molar-refractivity contribution >= 4 is 67.7 Å². The Morgan fingerprint density at radius 2 is 1.60 bits per heavy atom. The van der Waals surface area contributed by atoms with Crippen LogP contribution in [0.15, 0.2) is 60.8 Å². The van der Waals surface area contributed by atoms with Gasteiger partial charge >= 0.3 is 20.2 Å². The van der Waals surface area contributed by atoms with Gasteiger partial charge < -0.3 is 25.1 Å². The summed E-state index contributed by atoms with van der Waals surface area (Å²) in [5.41, 5.74) is -5.62. The number of aryl methyl sites for hydroxylation is 1. The smallest absolute Gasteiger partial charge is 0.355 e. The number of halogens is 11. The summed E-state index contributed by atoms with van der Waals surface area (Å²) in [6.45, 7) is -1.39. The molecule has 4 heterocycles. The van der Waals surface area contributed by atoms with Gasteiger partial charge in [-0.15, -0.1) is 0 Å². The lowest BCUT2D eigenvalue weighted by Gasteiger charge is -2.34. The highest BCUT2D eigenvalue weighted by Gasteiger charge is 2.63. The minimum Gasteiger partial charge on any atom is -0.355 e. The number of sulfone groups is 1. The first-order chi connectivity index (χ1) is 37.3. The predicted octanol–water partition coefficient (Wildman–Crippen LogP) is 8.45. The van der Waals surface area contributed by atoms with Crippen LogP contribution in [0.5, 0.6) is 0 Å². The maximum Gasteiger partial charge on any atom is 0.469 e. The highest BCUT2D eigenvalue weighted by molar-refractivity contribution is 7.92. The van der Waals surface area contributed by atoms with E-state index in [0.717, 1.165) is 48.7 Å². The van der Waals surface area contributed by atoms with E-state index in [1.807, 2.05) is 0 Å². The molecule has 6 aromatic rings. The molecule has 440 valence electrons. The SMILES string of the molecule is CN(c1ncccc1COP(=O)(O)O)C(O)N(c1nn(CC(F)(F)F)c2c(-c3ccc(CCC(C)(C)S(C)(=O)=O)nc3[C@H](Cc3cc(F)cc(F)c3)NC(=O)Cn3nc(C(F)(F)F)c4c3C(F)(F)[C@@H]3CC[C@H]43)ccc(Cl)c12)S(C)(=O)=O. The third kappa shape index (κ3) is 12.7. The minimum atomic E-state index is -5.25. The zero-order valence-corrected chi connectivity index (χ0v) is 46.2. The molecule has 1 saturated carbocycles. The standard InChI is InChI=1S/C48H49ClF10N9O10PS2/c1-45(2,80(4,74)75)15-14-28-8-9-29(38(61-28)34(19-24-17-26(50)20-27(51)18-24)62-35(69)21-66-41-36(40(63-66)48(57,58)59)31-10-12-32(31)47(41,55)56)30-11-13-33(49)37-39(30)67(23-46(52,53)54)64-43(37)68(81(5,76)77)44(70)65(3)42-25(7-6-16-60-42)22-78-79(71,72)73/h6-9,11,13,16-18,20,31-32,34,44,70H,10,12,14-15,19,21-23H2,1-5H3,(H,62,69)(H2,71,72,73)/t31-,32+,34-,44?/m0/s1. The molecule has 33 heteroatoms. The number of sulfonamides is 1.